The van der Waals surface area contributed by atoms with Crippen molar-refractivity contribution in [2.24, 2.45) is 5.73 Å². The average molecular weight is 436 g/mol. The Hall–Kier alpha value is -2.35. The Morgan fingerprint density at radius 1 is 1.14 bits per heavy atom. The first-order chi connectivity index (χ1) is 13.3. The molecule has 3 aromatic rings. The fourth-order valence-corrected chi connectivity index (χ4v) is 3.78. The van der Waals surface area contributed by atoms with Gasteiger partial charge in [0.2, 0.25) is 0 Å². The third kappa shape index (κ3) is 4.98. The van der Waals surface area contributed by atoms with Crippen molar-refractivity contribution in [3.63, 3.8) is 0 Å². The number of hydrogen-bond acceptors (Lipinski definition) is 5. The summed E-state index contributed by atoms with van der Waals surface area (Å²) in [6, 6.07) is 13.8. The number of halogens is 1. The van der Waals surface area contributed by atoms with Crippen molar-refractivity contribution in [2.75, 3.05) is 0 Å². The fraction of sp³-hybridized carbons (Fsp3) is 0.286. The molecule has 0 atom stereocenters. The van der Waals surface area contributed by atoms with E-state index in [4.69, 9.17) is 10.5 Å². The van der Waals surface area contributed by atoms with Gasteiger partial charge in [-0.2, -0.15) is 9.19 Å². The molecular formula is C21H26ClN3O3S. The van der Waals surface area contributed by atoms with Crippen LogP contribution in [0.3, 0.4) is 0 Å². The van der Waals surface area contributed by atoms with E-state index in [0.717, 1.165) is 37.7 Å². The predicted molar refractivity (Wildman–Crippen MR) is 118 cm³/mol. The van der Waals surface area contributed by atoms with E-state index in [1.54, 1.807) is 20.0 Å². The standard InChI is InChI=1S/C21H25N3O3S.ClH/c1-15(2)28(25,26)24-13-20(12-23-24)18-9-16(3)21(19(10-18)11-22)27-14-17-7-5-4-6-8-17;/h4-10,12-13,15H,11,14,22H2,1-3H3;1H. The highest BCUT2D eigenvalue weighted by molar-refractivity contribution is 7.90. The maximum absolute atomic E-state index is 12.3. The average Bonchev–Trinajstić information content (AvgIpc) is 3.18. The van der Waals surface area contributed by atoms with Crippen LogP contribution in [0, 0.1) is 6.92 Å². The molecule has 0 aliphatic rings. The third-order valence-corrected chi connectivity index (χ3v) is 6.46. The molecule has 156 valence electrons. The number of nitrogens with zero attached hydrogens (tertiary/aromatic N) is 2. The number of aromatic nitrogens is 2. The molecule has 0 amide bonds. The summed E-state index contributed by atoms with van der Waals surface area (Å²) in [5.41, 5.74) is 10.4. The van der Waals surface area contributed by atoms with Gasteiger partial charge in [-0.25, -0.2) is 8.42 Å². The first-order valence-corrected chi connectivity index (χ1v) is 10.6. The van der Waals surface area contributed by atoms with E-state index >= 15 is 0 Å². The van der Waals surface area contributed by atoms with Gasteiger partial charge in [0.15, 0.2) is 0 Å². The molecule has 0 aliphatic carbocycles. The van der Waals surface area contributed by atoms with Crippen LogP contribution in [-0.2, 0) is 23.2 Å². The van der Waals surface area contributed by atoms with Crippen molar-refractivity contribution >= 4 is 22.4 Å². The summed E-state index contributed by atoms with van der Waals surface area (Å²) >= 11 is 0. The molecule has 29 heavy (non-hydrogen) atoms. The lowest BCUT2D eigenvalue weighted by atomic mass is 10.0. The zero-order valence-corrected chi connectivity index (χ0v) is 18.3. The SMILES string of the molecule is Cc1cc(-c2cnn(S(=O)(=O)C(C)C)c2)cc(CN)c1OCc1ccccc1.Cl. The van der Waals surface area contributed by atoms with Crippen molar-refractivity contribution in [3.8, 4) is 16.9 Å². The van der Waals surface area contributed by atoms with Crippen LogP contribution in [0.2, 0.25) is 0 Å². The maximum Gasteiger partial charge on any atom is 0.256 e. The molecule has 2 aromatic carbocycles. The second-order valence-electron chi connectivity index (χ2n) is 6.96. The number of hydrogen-bond donors (Lipinski definition) is 1. The lowest BCUT2D eigenvalue weighted by Gasteiger charge is -2.15. The normalized spacial score (nSPS) is 11.3. The number of aryl methyl sites for hydroxylation is 1. The highest BCUT2D eigenvalue weighted by atomic mass is 35.5. The van der Waals surface area contributed by atoms with Crippen molar-refractivity contribution in [2.45, 2.75) is 39.2 Å². The summed E-state index contributed by atoms with van der Waals surface area (Å²) in [5.74, 6) is 0.761. The number of benzene rings is 2. The van der Waals surface area contributed by atoms with Crippen LogP contribution < -0.4 is 10.5 Å². The smallest absolute Gasteiger partial charge is 0.256 e. The van der Waals surface area contributed by atoms with E-state index in [1.165, 1.54) is 6.20 Å². The Morgan fingerprint density at radius 2 is 1.83 bits per heavy atom. The molecule has 0 bridgehead atoms. The van der Waals surface area contributed by atoms with Crippen LogP contribution in [0.4, 0.5) is 0 Å². The van der Waals surface area contributed by atoms with E-state index in [-0.39, 0.29) is 12.4 Å². The van der Waals surface area contributed by atoms with Gasteiger partial charge < -0.3 is 10.5 Å². The Morgan fingerprint density at radius 3 is 2.45 bits per heavy atom. The Labute approximate surface area is 178 Å². The van der Waals surface area contributed by atoms with Gasteiger partial charge in [-0.1, -0.05) is 30.3 Å². The van der Waals surface area contributed by atoms with Crippen LogP contribution >= 0.6 is 12.4 Å². The molecule has 3 rings (SSSR count). The highest BCUT2D eigenvalue weighted by Gasteiger charge is 2.20. The predicted octanol–water partition coefficient (Wildman–Crippen LogP) is 3.90. The first-order valence-electron chi connectivity index (χ1n) is 9.12. The summed E-state index contributed by atoms with van der Waals surface area (Å²) in [4.78, 5) is 0. The quantitative estimate of drug-likeness (QED) is 0.608. The molecular weight excluding hydrogens is 410 g/mol. The topological polar surface area (TPSA) is 87.2 Å². The Bertz CT molecular complexity index is 1060. The molecule has 0 aliphatic heterocycles. The van der Waals surface area contributed by atoms with Crippen molar-refractivity contribution in [3.05, 3.63) is 71.5 Å². The Balaban J connectivity index is 0.00000300. The summed E-state index contributed by atoms with van der Waals surface area (Å²) < 4.78 is 31.7. The van der Waals surface area contributed by atoms with E-state index in [9.17, 15) is 8.42 Å². The van der Waals surface area contributed by atoms with Gasteiger partial charge in [-0.05, 0) is 49.6 Å². The zero-order chi connectivity index (χ0) is 20.3. The molecule has 0 saturated heterocycles. The van der Waals surface area contributed by atoms with E-state index in [1.807, 2.05) is 49.4 Å². The van der Waals surface area contributed by atoms with Gasteiger partial charge in [0.05, 0.1) is 17.6 Å². The van der Waals surface area contributed by atoms with Crippen LogP contribution in [0.5, 0.6) is 5.75 Å². The van der Waals surface area contributed by atoms with Crippen molar-refractivity contribution in [1.29, 1.82) is 0 Å². The molecule has 1 aromatic heterocycles. The summed E-state index contributed by atoms with van der Waals surface area (Å²) in [6.45, 7) is 5.99. The summed E-state index contributed by atoms with van der Waals surface area (Å²) in [6.07, 6.45) is 3.09. The number of rotatable bonds is 7. The van der Waals surface area contributed by atoms with E-state index in [0.29, 0.717) is 13.2 Å². The molecule has 2 N–H and O–H groups in total. The van der Waals surface area contributed by atoms with Crippen LogP contribution in [0.15, 0.2) is 54.9 Å². The molecule has 0 spiro atoms. The molecule has 6 nitrogen and oxygen atoms in total. The van der Waals surface area contributed by atoms with Crippen LogP contribution in [-0.4, -0.2) is 22.9 Å². The van der Waals surface area contributed by atoms with Gasteiger partial charge in [-0.15, -0.1) is 12.4 Å². The van der Waals surface area contributed by atoms with Crippen LogP contribution in [0.25, 0.3) is 11.1 Å². The highest BCUT2D eigenvalue weighted by Crippen LogP contribution is 2.31. The van der Waals surface area contributed by atoms with Crippen molar-refractivity contribution < 1.29 is 13.2 Å². The van der Waals surface area contributed by atoms with E-state index in [2.05, 4.69) is 5.10 Å². The lowest BCUT2D eigenvalue weighted by molar-refractivity contribution is 0.301. The minimum Gasteiger partial charge on any atom is -0.488 e. The second-order valence-corrected chi connectivity index (χ2v) is 9.30. The fourth-order valence-electron chi connectivity index (χ4n) is 2.91. The monoisotopic (exact) mass is 435 g/mol. The largest absolute Gasteiger partial charge is 0.488 e. The van der Waals surface area contributed by atoms with Crippen LogP contribution in [0.1, 0.15) is 30.5 Å². The number of ether oxygens (including phenoxy) is 1. The summed E-state index contributed by atoms with van der Waals surface area (Å²) in [5, 5.41) is 3.49. The summed E-state index contributed by atoms with van der Waals surface area (Å²) in [7, 11) is -3.48. The van der Waals surface area contributed by atoms with Crippen molar-refractivity contribution in [1.82, 2.24) is 9.19 Å². The molecule has 0 unspecified atom stereocenters. The molecule has 1 heterocycles. The van der Waals surface area contributed by atoms with Gasteiger partial charge in [0.25, 0.3) is 10.0 Å². The molecule has 0 saturated carbocycles. The van der Waals surface area contributed by atoms with Gasteiger partial charge in [0.1, 0.15) is 12.4 Å². The lowest BCUT2D eigenvalue weighted by Crippen LogP contribution is -2.22. The molecule has 0 fully saturated rings. The Kier molecular flexibility index (Phi) is 7.46. The zero-order valence-electron chi connectivity index (χ0n) is 16.7. The minimum absolute atomic E-state index is 0. The second kappa shape index (κ2) is 9.43. The first kappa shape index (κ1) is 22.9. The van der Waals surface area contributed by atoms with E-state index < -0.39 is 15.3 Å². The third-order valence-electron chi connectivity index (χ3n) is 4.55. The minimum atomic E-state index is -3.48. The number of nitrogens with two attached hydrogens (primary N) is 1. The van der Waals surface area contributed by atoms with Gasteiger partial charge in [-0.3, -0.25) is 0 Å². The maximum atomic E-state index is 12.3. The molecule has 8 heteroatoms. The van der Waals surface area contributed by atoms with Gasteiger partial charge >= 0.3 is 0 Å². The molecule has 0 radical (unpaired) electrons. The van der Waals surface area contributed by atoms with Gasteiger partial charge in [0, 0.05) is 17.7 Å².